The number of aliphatic imine (C=N–C) groups is 1. The third kappa shape index (κ3) is 4.83. The van der Waals surface area contributed by atoms with Gasteiger partial charge in [-0.15, -0.1) is 0 Å². The number of para-hydroxylation sites is 1. The number of fused-ring (bicyclic) bond motifs is 2. The maximum atomic E-state index is 12.7. The van der Waals surface area contributed by atoms with Crippen LogP contribution in [-0.4, -0.2) is 54.4 Å². The van der Waals surface area contributed by atoms with Gasteiger partial charge in [0.2, 0.25) is 11.8 Å². The summed E-state index contributed by atoms with van der Waals surface area (Å²) in [5.41, 5.74) is 2.22. The van der Waals surface area contributed by atoms with Crippen molar-refractivity contribution < 1.29 is 14.3 Å². The summed E-state index contributed by atoms with van der Waals surface area (Å²) in [6.07, 6.45) is 1.90. The molecular weight excluding hydrogens is 454 g/mol. The number of piperazine rings is 1. The minimum atomic E-state index is -0.0880. The summed E-state index contributed by atoms with van der Waals surface area (Å²) in [7, 11) is 1.55. The number of ether oxygens (including phenoxy) is 2. The first-order valence-electron chi connectivity index (χ1n) is 11.0. The van der Waals surface area contributed by atoms with Crippen molar-refractivity contribution in [1.29, 1.82) is 0 Å². The van der Waals surface area contributed by atoms with Gasteiger partial charge in [0.25, 0.3) is 0 Å². The van der Waals surface area contributed by atoms with Crippen molar-refractivity contribution in [2.45, 2.75) is 12.5 Å². The van der Waals surface area contributed by atoms with Gasteiger partial charge in [-0.25, -0.2) is 9.98 Å². The molecule has 9 heteroatoms. The van der Waals surface area contributed by atoms with Gasteiger partial charge in [-0.3, -0.25) is 4.79 Å². The van der Waals surface area contributed by atoms with E-state index in [1.165, 1.54) is 0 Å². The van der Waals surface area contributed by atoms with E-state index >= 15 is 0 Å². The van der Waals surface area contributed by atoms with E-state index in [0.29, 0.717) is 41.0 Å². The van der Waals surface area contributed by atoms with Gasteiger partial charge in [0.1, 0.15) is 17.3 Å². The monoisotopic (exact) mass is 477 g/mol. The van der Waals surface area contributed by atoms with E-state index in [1.54, 1.807) is 37.6 Å². The number of halogens is 1. The third-order valence-electron chi connectivity index (χ3n) is 5.71. The number of benzene rings is 2. The van der Waals surface area contributed by atoms with E-state index in [9.17, 15) is 4.79 Å². The molecule has 0 aliphatic carbocycles. The predicted octanol–water partition coefficient (Wildman–Crippen LogP) is 4.23. The molecule has 0 radical (unpaired) electrons. The molecule has 1 aromatic heterocycles. The van der Waals surface area contributed by atoms with E-state index in [-0.39, 0.29) is 11.9 Å². The van der Waals surface area contributed by atoms with Crippen LogP contribution in [0.1, 0.15) is 12.0 Å². The molecule has 3 heterocycles. The number of nitrogens with one attached hydrogen (secondary N) is 2. The van der Waals surface area contributed by atoms with Gasteiger partial charge in [0, 0.05) is 43.2 Å². The minimum absolute atomic E-state index is 0.0437. The normalized spacial score (nSPS) is 16.9. The Labute approximate surface area is 202 Å². The quantitative estimate of drug-likeness (QED) is 0.584. The lowest BCUT2D eigenvalue weighted by Crippen LogP contribution is -2.53. The fraction of sp³-hybridized carbons (Fsp3) is 0.240. The lowest BCUT2D eigenvalue weighted by atomic mass is 10.1. The molecule has 1 amide bonds. The zero-order valence-electron chi connectivity index (χ0n) is 18.6. The molecule has 0 bridgehead atoms. The van der Waals surface area contributed by atoms with Crippen LogP contribution in [0.2, 0.25) is 5.02 Å². The lowest BCUT2D eigenvalue weighted by molar-refractivity contribution is -0.116. The summed E-state index contributed by atoms with van der Waals surface area (Å²) in [4.78, 5) is 23.9. The Kier molecular flexibility index (Phi) is 6.33. The Bertz CT molecular complexity index is 1230. The van der Waals surface area contributed by atoms with E-state index < -0.39 is 0 Å². The zero-order valence-corrected chi connectivity index (χ0v) is 19.4. The summed E-state index contributed by atoms with van der Waals surface area (Å²) in [6, 6.07) is 16.7. The molecule has 174 valence electrons. The van der Waals surface area contributed by atoms with Crippen LogP contribution in [0.5, 0.6) is 17.4 Å². The largest absolute Gasteiger partial charge is 0.481 e. The van der Waals surface area contributed by atoms with Crippen LogP contribution in [0, 0.1) is 0 Å². The second-order valence-electron chi connectivity index (χ2n) is 8.08. The fourth-order valence-corrected chi connectivity index (χ4v) is 4.27. The minimum Gasteiger partial charge on any atom is -0.481 e. The second-order valence-corrected chi connectivity index (χ2v) is 8.52. The molecule has 1 saturated heterocycles. The van der Waals surface area contributed by atoms with Crippen molar-refractivity contribution in [2.75, 3.05) is 32.1 Å². The van der Waals surface area contributed by atoms with Crippen LogP contribution in [0.4, 0.5) is 11.4 Å². The topological polar surface area (TPSA) is 88.1 Å². The summed E-state index contributed by atoms with van der Waals surface area (Å²) in [5.74, 6) is 2.62. The Balaban J connectivity index is 1.34. The van der Waals surface area contributed by atoms with Crippen LogP contribution < -0.4 is 20.1 Å². The predicted molar refractivity (Wildman–Crippen MR) is 132 cm³/mol. The zero-order chi connectivity index (χ0) is 23.5. The molecule has 1 fully saturated rings. The van der Waals surface area contributed by atoms with E-state index in [0.717, 1.165) is 30.2 Å². The fourth-order valence-electron chi connectivity index (χ4n) is 4.10. The molecule has 3 aromatic rings. The highest BCUT2D eigenvalue weighted by atomic mass is 35.5. The maximum Gasteiger partial charge on any atom is 0.226 e. The smallest absolute Gasteiger partial charge is 0.226 e. The van der Waals surface area contributed by atoms with Gasteiger partial charge in [0.15, 0.2) is 5.75 Å². The van der Waals surface area contributed by atoms with Crippen molar-refractivity contribution in [3.63, 3.8) is 0 Å². The van der Waals surface area contributed by atoms with Crippen LogP contribution in [0.15, 0.2) is 65.8 Å². The maximum absolute atomic E-state index is 12.7. The van der Waals surface area contributed by atoms with Crippen LogP contribution in [-0.2, 0) is 4.79 Å². The molecule has 2 aliphatic rings. The highest BCUT2D eigenvalue weighted by Gasteiger charge is 2.28. The Morgan fingerprint density at radius 3 is 2.94 bits per heavy atom. The molecule has 2 aromatic carbocycles. The lowest BCUT2D eigenvalue weighted by Gasteiger charge is -2.35. The van der Waals surface area contributed by atoms with Gasteiger partial charge >= 0.3 is 0 Å². The Morgan fingerprint density at radius 1 is 1.24 bits per heavy atom. The van der Waals surface area contributed by atoms with Gasteiger partial charge in [-0.2, -0.15) is 0 Å². The van der Waals surface area contributed by atoms with Crippen molar-refractivity contribution in [3.8, 4) is 17.4 Å². The van der Waals surface area contributed by atoms with E-state index in [2.05, 4.69) is 20.5 Å². The first kappa shape index (κ1) is 22.2. The van der Waals surface area contributed by atoms with Gasteiger partial charge in [-0.1, -0.05) is 23.7 Å². The second kappa shape index (κ2) is 9.70. The van der Waals surface area contributed by atoms with Crippen molar-refractivity contribution >= 4 is 34.7 Å². The first-order chi connectivity index (χ1) is 16.6. The number of amidine groups is 1. The number of nitrogens with zero attached hydrogens (tertiary/aromatic N) is 3. The molecule has 2 N–H and O–H groups in total. The molecule has 34 heavy (non-hydrogen) atoms. The molecule has 8 nitrogen and oxygen atoms in total. The summed E-state index contributed by atoms with van der Waals surface area (Å²) in [5, 5.41) is 6.94. The van der Waals surface area contributed by atoms with Crippen molar-refractivity contribution in [1.82, 2.24) is 15.2 Å². The molecule has 1 atom stereocenters. The molecule has 0 spiro atoms. The molecular formula is C25H24ClN5O3. The van der Waals surface area contributed by atoms with Gasteiger partial charge in [0.05, 0.1) is 24.6 Å². The number of carbonyl (C=O) groups excluding carboxylic acids is 1. The van der Waals surface area contributed by atoms with Crippen LogP contribution in [0.3, 0.4) is 0 Å². The summed E-state index contributed by atoms with van der Waals surface area (Å²) >= 11 is 6.23. The van der Waals surface area contributed by atoms with Crippen molar-refractivity contribution in [2.24, 2.45) is 4.99 Å². The number of pyridine rings is 1. The van der Waals surface area contributed by atoms with Crippen molar-refractivity contribution in [3.05, 3.63) is 71.4 Å². The number of rotatable bonds is 4. The Hall–Kier alpha value is -3.62. The SMILES string of the molecule is COc1ccc(NC(=O)CC2CN(C3=Nc4cc(Cl)ccc4Oc4ccccc43)CCN2)cn1. The number of anilines is 1. The molecule has 2 aliphatic heterocycles. The molecule has 0 saturated carbocycles. The Morgan fingerprint density at radius 2 is 2.12 bits per heavy atom. The number of aromatic nitrogens is 1. The molecule has 1 unspecified atom stereocenters. The average molecular weight is 478 g/mol. The highest BCUT2D eigenvalue weighted by Crippen LogP contribution is 2.39. The number of hydrogen-bond acceptors (Lipinski definition) is 7. The summed E-state index contributed by atoms with van der Waals surface area (Å²) < 4.78 is 11.2. The van der Waals surface area contributed by atoms with Crippen LogP contribution >= 0.6 is 11.6 Å². The molecule has 5 rings (SSSR count). The number of amides is 1. The van der Waals surface area contributed by atoms with E-state index in [1.807, 2.05) is 30.3 Å². The van der Waals surface area contributed by atoms with Crippen LogP contribution in [0.25, 0.3) is 0 Å². The number of carbonyl (C=O) groups is 1. The van der Waals surface area contributed by atoms with Gasteiger partial charge < -0.3 is 25.0 Å². The highest BCUT2D eigenvalue weighted by molar-refractivity contribution is 6.31. The standard InChI is InChI=1S/C25H24ClN5O3/c1-33-24-9-7-17(14-28-24)29-23(32)13-18-15-31(11-10-27-18)25-19-4-2-3-5-21(19)34-22-8-6-16(26)12-20(22)30-25/h2-9,12,14,18,27H,10-11,13,15H2,1H3,(H,29,32). The first-order valence-corrected chi connectivity index (χ1v) is 11.4. The number of methoxy groups -OCH3 is 1. The van der Waals surface area contributed by atoms with E-state index in [4.69, 9.17) is 26.1 Å². The third-order valence-corrected chi connectivity index (χ3v) is 5.95. The number of hydrogen-bond donors (Lipinski definition) is 2. The average Bonchev–Trinajstić information content (AvgIpc) is 3.01. The summed E-state index contributed by atoms with van der Waals surface area (Å²) in [6.45, 7) is 2.10. The van der Waals surface area contributed by atoms with Gasteiger partial charge in [-0.05, 0) is 36.4 Å².